The molecule has 0 heterocycles. The number of nitrogens with zero attached hydrogens (tertiary/aromatic N) is 1. The summed E-state index contributed by atoms with van der Waals surface area (Å²) in [6.45, 7) is 4.97. The Balaban J connectivity index is 2.08. The second-order valence-electron chi connectivity index (χ2n) is 6.21. The highest BCUT2D eigenvalue weighted by atomic mass is 16.7. The Morgan fingerprint density at radius 1 is 0.913 bits per heavy atom. The molecule has 3 heteroatoms. The second kappa shape index (κ2) is 13.1. The van der Waals surface area contributed by atoms with Crippen LogP contribution in [-0.4, -0.2) is 17.5 Å². The summed E-state index contributed by atoms with van der Waals surface area (Å²) >= 11 is 0. The first-order chi connectivity index (χ1) is 11.2. The lowest BCUT2D eigenvalue weighted by atomic mass is 10.1. The van der Waals surface area contributed by atoms with Crippen molar-refractivity contribution in [1.29, 1.82) is 0 Å². The lowest BCUT2D eigenvalue weighted by molar-refractivity contribution is -0.189. The van der Waals surface area contributed by atoms with Gasteiger partial charge in [-0.25, -0.2) is 5.06 Å². The highest BCUT2D eigenvalue weighted by molar-refractivity contribution is 5.71. The SMILES string of the molecule is CCCCCCCCCCCN(OCc1ccccc1)C(C)=O. The van der Waals surface area contributed by atoms with Crippen LogP contribution in [0.15, 0.2) is 30.3 Å². The molecule has 0 unspecified atom stereocenters. The molecule has 0 aliphatic heterocycles. The molecule has 1 amide bonds. The Labute approximate surface area is 142 Å². The van der Waals surface area contributed by atoms with Gasteiger partial charge in [0, 0.05) is 13.5 Å². The summed E-state index contributed by atoms with van der Waals surface area (Å²) in [5.41, 5.74) is 1.09. The maximum atomic E-state index is 11.6. The van der Waals surface area contributed by atoms with Crippen LogP contribution in [0.25, 0.3) is 0 Å². The van der Waals surface area contributed by atoms with Crippen molar-refractivity contribution in [3.8, 4) is 0 Å². The number of amides is 1. The predicted molar refractivity (Wildman–Crippen MR) is 95.8 cm³/mol. The molecule has 1 aromatic rings. The van der Waals surface area contributed by atoms with Crippen molar-refractivity contribution >= 4 is 5.91 Å². The fraction of sp³-hybridized carbons (Fsp3) is 0.650. The van der Waals surface area contributed by atoms with Gasteiger partial charge in [0.05, 0.1) is 0 Å². The molecular weight excluding hydrogens is 286 g/mol. The number of hydrogen-bond donors (Lipinski definition) is 0. The number of carbonyl (C=O) groups excluding carboxylic acids is 1. The monoisotopic (exact) mass is 319 g/mol. The summed E-state index contributed by atoms with van der Waals surface area (Å²) in [5, 5.41) is 1.51. The van der Waals surface area contributed by atoms with Gasteiger partial charge < -0.3 is 0 Å². The molecule has 3 nitrogen and oxygen atoms in total. The minimum absolute atomic E-state index is 0.0134. The topological polar surface area (TPSA) is 29.5 Å². The summed E-state index contributed by atoms with van der Waals surface area (Å²) < 4.78 is 0. The van der Waals surface area contributed by atoms with E-state index in [4.69, 9.17) is 4.84 Å². The van der Waals surface area contributed by atoms with E-state index in [0.717, 1.165) is 12.0 Å². The highest BCUT2D eigenvalue weighted by Crippen LogP contribution is 2.11. The van der Waals surface area contributed by atoms with Gasteiger partial charge >= 0.3 is 0 Å². The summed E-state index contributed by atoms with van der Waals surface area (Å²) in [4.78, 5) is 17.3. The van der Waals surface area contributed by atoms with Crippen molar-refractivity contribution in [3.63, 3.8) is 0 Å². The van der Waals surface area contributed by atoms with Gasteiger partial charge in [-0.15, -0.1) is 0 Å². The van der Waals surface area contributed by atoms with Crippen molar-refractivity contribution in [2.24, 2.45) is 0 Å². The third-order valence-corrected chi connectivity index (χ3v) is 4.05. The first kappa shape index (κ1) is 19.7. The quantitative estimate of drug-likeness (QED) is 0.355. The Morgan fingerprint density at radius 3 is 2.04 bits per heavy atom. The molecule has 1 rings (SSSR count). The van der Waals surface area contributed by atoms with E-state index in [2.05, 4.69) is 6.92 Å². The molecule has 130 valence electrons. The molecule has 0 atom stereocenters. The summed E-state index contributed by atoms with van der Waals surface area (Å²) in [6.07, 6.45) is 11.5. The van der Waals surface area contributed by atoms with Gasteiger partial charge in [-0.1, -0.05) is 88.6 Å². The first-order valence-electron chi connectivity index (χ1n) is 9.19. The average Bonchev–Trinajstić information content (AvgIpc) is 2.56. The molecule has 0 aromatic heterocycles. The van der Waals surface area contributed by atoms with Gasteiger partial charge in [-0.05, 0) is 12.0 Å². The van der Waals surface area contributed by atoms with E-state index >= 15 is 0 Å². The van der Waals surface area contributed by atoms with Crippen LogP contribution in [0, 0.1) is 0 Å². The van der Waals surface area contributed by atoms with Crippen molar-refractivity contribution in [3.05, 3.63) is 35.9 Å². The predicted octanol–water partition coefficient (Wildman–Crippen LogP) is 5.50. The third kappa shape index (κ3) is 10.1. The number of hydrogen-bond acceptors (Lipinski definition) is 2. The van der Waals surface area contributed by atoms with Gasteiger partial charge in [-0.3, -0.25) is 9.63 Å². The van der Waals surface area contributed by atoms with E-state index in [0.29, 0.717) is 13.2 Å². The van der Waals surface area contributed by atoms with Crippen LogP contribution >= 0.6 is 0 Å². The van der Waals surface area contributed by atoms with Crippen LogP contribution in [0.4, 0.5) is 0 Å². The van der Waals surface area contributed by atoms with E-state index < -0.39 is 0 Å². The molecule has 0 radical (unpaired) electrons. The largest absolute Gasteiger partial charge is 0.273 e. The zero-order chi connectivity index (χ0) is 16.8. The average molecular weight is 319 g/mol. The zero-order valence-corrected chi connectivity index (χ0v) is 14.9. The molecule has 1 aromatic carbocycles. The molecule has 23 heavy (non-hydrogen) atoms. The number of carbonyl (C=O) groups is 1. The molecule has 0 saturated carbocycles. The van der Waals surface area contributed by atoms with Crippen LogP contribution in [0.3, 0.4) is 0 Å². The molecule has 0 saturated heterocycles. The molecule has 0 fully saturated rings. The summed E-state index contributed by atoms with van der Waals surface area (Å²) in [6, 6.07) is 9.97. The van der Waals surface area contributed by atoms with Gasteiger partial charge in [0.2, 0.25) is 5.91 Å². The molecule has 0 N–H and O–H groups in total. The van der Waals surface area contributed by atoms with Gasteiger partial charge in [0.25, 0.3) is 0 Å². The number of hydroxylamine groups is 2. The Kier molecular flexibility index (Phi) is 11.2. The molecule has 0 aliphatic carbocycles. The second-order valence-corrected chi connectivity index (χ2v) is 6.21. The van der Waals surface area contributed by atoms with Gasteiger partial charge in [0.15, 0.2) is 0 Å². The lowest BCUT2D eigenvalue weighted by Crippen LogP contribution is -2.29. The zero-order valence-electron chi connectivity index (χ0n) is 14.9. The molecule has 0 bridgehead atoms. The van der Waals surface area contributed by atoms with Crippen LogP contribution in [0.2, 0.25) is 0 Å². The van der Waals surface area contributed by atoms with Crippen LogP contribution in [-0.2, 0) is 16.2 Å². The van der Waals surface area contributed by atoms with E-state index in [9.17, 15) is 4.79 Å². The minimum atomic E-state index is -0.0134. The Morgan fingerprint density at radius 2 is 1.48 bits per heavy atom. The molecular formula is C20H33NO2. The van der Waals surface area contributed by atoms with Crippen molar-refractivity contribution in [1.82, 2.24) is 5.06 Å². The highest BCUT2D eigenvalue weighted by Gasteiger charge is 2.09. The smallest absolute Gasteiger partial charge is 0.243 e. The maximum Gasteiger partial charge on any atom is 0.243 e. The van der Waals surface area contributed by atoms with E-state index in [-0.39, 0.29) is 5.91 Å². The normalized spacial score (nSPS) is 10.7. The van der Waals surface area contributed by atoms with Crippen LogP contribution < -0.4 is 0 Å². The standard InChI is InChI=1S/C20H33NO2/c1-3-4-5-6-7-8-9-10-14-17-21(19(2)22)23-18-20-15-12-11-13-16-20/h11-13,15-16H,3-10,14,17-18H2,1-2H3. The lowest BCUT2D eigenvalue weighted by Gasteiger charge is -2.20. The van der Waals surface area contributed by atoms with Crippen LogP contribution in [0.1, 0.15) is 77.2 Å². The maximum absolute atomic E-state index is 11.6. The number of unbranched alkanes of at least 4 members (excludes halogenated alkanes) is 8. The fourth-order valence-corrected chi connectivity index (χ4v) is 2.61. The van der Waals surface area contributed by atoms with Crippen LogP contribution in [0.5, 0.6) is 0 Å². The molecule has 0 spiro atoms. The van der Waals surface area contributed by atoms with E-state index in [1.165, 1.54) is 56.4 Å². The number of benzene rings is 1. The van der Waals surface area contributed by atoms with Crippen molar-refractivity contribution < 1.29 is 9.63 Å². The Bertz CT molecular complexity index is 405. The van der Waals surface area contributed by atoms with Crippen molar-refractivity contribution in [2.45, 2.75) is 78.2 Å². The van der Waals surface area contributed by atoms with E-state index in [1.807, 2.05) is 30.3 Å². The Hall–Kier alpha value is -1.35. The van der Waals surface area contributed by atoms with E-state index in [1.54, 1.807) is 6.92 Å². The van der Waals surface area contributed by atoms with Gasteiger partial charge in [0.1, 0.15) is 6.61 Å². The van der Waals surface area contributed by atoms with Crippen molar-refractivity contribution in [2.75, 3.05) is 6.54 Å². The first-order valence-corrected chi connectivity index (χ1v) is 9.19. The third-order valence-electron chi connectivity index (χ3n) is 4.05. The summed E-state index contributed by atoms with van der Waals surface area (Å²) in [5.74, 6) is -0.0134. The summed E-state index contributed by atoms with van der Waals surface area (Å²) in [7, 11) is 0. The number of rotatable bonds is 13. The van der Waals surface area contributed by atoms with Gasteiger partial charge in [-0.2, -0.15) is 0 Å². The minimum Gasteiger partial charge on any atom is -0.273 e. The fourth-order valence-electron chi connectivity index (χ4n) is 2.61. The molecule has 0 aliphatic rings.